The van der Waals surface area contributed by atoms with E-state index >= 15 is 0 Å². The molecule has 0 aliphatic rings. The standard InChI is InChI=1S/C18H15ClF4IN3O6/c1-9(16(29)31-3-4-32-24)33-25-8-10-5-13(12(20)6-11(10)19)27-15(28)7-14(18(21,22)23)26(2)17(27)30/h5-9H,3-4H2,1-2H3/b25-8+. The van der Waals surface area contributed by atoms with Gasteiger partial charge in [0.1, 0.15) is 41.1 Å². The summed E-state index contributed by atoms with van der Waals surface area (Å²) >= 11 is 7.56. The average Bonchev–Trinajstić information content (AvgIpc) is 2.72. The number of rotatable bonds is 8. The van der Waals surface area contributed by atoms with Crippen LogP contribution in [0.1, 0.15) is 18.2 Å². The van der Waals surface area contributed by atoms with E-state index in [0.29, 0.717) is 0 Å². The van der Waals surface area contributed by atoms with Crippen molar-refractivity contribution in [3.63, 3.8) is 0 Å². The van der Waals surface area contributed by atoms with Gasteiger partial charge in [-0.1, -0.05) is 16.8 Å². The number of hydrogen-bond acceptors (Lipinski definition) is 7. The van der Waals surface area contributed by atoms with Crippen LogP contribution in [0.2, 0.25) is 5.02 Å². The third-order valence-electron chi connectivity index (χ3n) is 4.07. The van der Waals surface area contributed by atoms with Gasteiger partial charge >= 0.3 is 17.8 Å². The van der Waals surface area contributed by atoms with Crippen molar-refractivity contribution < 1.29 is 35.0 Å². The lowest BCUT2D eigenvalue weighted by molar-refractivity contribution is -0.156. The van der Waals surface area contributed by atoms with Gasteiger partial charge in [-0.2, -0.15) is 13.2 Å². The van der Waals surface area contributed by atoms with Crippen LogP contribution in [0.5, 0.6) is 0 Å². The summed E-state index contributed by atoms with van der Waals surface area (Å²) in [7, 11) is 0.790. The SMILES string of the molecule is CC(O/N=C/c1cc(-n2c(=O)cc(C(F)(F)F)n(C)c2=O)c(F)cc1Cl)C(=O)OCCOI. The van der Waals surface area contributed by atoms with Crippen LogP contribution in [-0.4, -0.2) is 40.6 Å². The number of alkyl halides is 3. The molecule has 0 aliphatic carbocycles. The van der Waals surface area contributed by atoms with Crippen LogP contribution in [0.3, 0.4) is 0 Å². The number of ether oxygens (including phenoxy) is 1. The minimum atomic E-state index is -4.97. The number of hydrogen-bond donors (Lipinski definition) is 0. The van der Waals surface area contributed by atoms with Gasteiger partial charge in [0.2, 0.25) is 6.10 Å². The highest BCUT2D eigenvalue weighted by Crippen LogP contribution is 2.27. The minimum absolute atomic E-state index is 0.0107. The van der Waals surface area contributed by atoms with E-state index in [4.69, 9.17) is 24.2 Å². The molecule has 0 radical (unpaired) electrons. The summed E-state index contributed by atoms with van der Waals surface area (Å²) in [4.78, 5) is 41.3. The van der Waals surface area contributed by atoms with Crippen molar-refractivity contribution >= 4 is 46.8 Å². The fourth-order valence-electron chi connectivity index (χ4n) is 2.46. The fourth-order valence-corrected chi connectivity index (χ4v) is 2.83. The molecule has 9 nitrogen and oxygen atoms in total. The van der Waals surface area contributed by atoms with E-state index in [1.54, 1.807) is 23.0 Å². The van der Waals surface area contributed by atoms with Gasteiger partial charge in [-0.15, -0.1) is 0 Å². The van der Waals surface area contributed by atoms with E-state index in [0.717, 1.165) is 25.4 Å². The lowest BCUT2D eigenvalue weighted by Gasteiger charge is -2.15. The molecule has 180 valence electrons. The van der Waals surface area contributed by atoms with Crippen LogP contribution in [0, 0.1) is 5.82 Å². The van der Waals surface area contributed by atoms with E-state index in [1.807, 2.05) is 0 Å². The number of nitrogens with zero attached hydrogens (tertiary/aromatic N) is 3. The number of benzene rings is 1. The summed E-state index contributed by atoms with van der Waals surface area (Å²) in [6, 6.07) is 1.83. The summed E-state index contributed by atoms with van der Waals surface area (Å²) in [6.45, 7) is 1.50. The van der Waals surface area contributed by atoms with Gasteiger partial charge in [0.05, 0.1) is 23.5 Å². The van der Waals surface area contributed by atoms with Crippen LogP contribution in [0.25, 0.3) is 5.69 Å². The number of aromatic nitrogens is 2. The Morgan fingerprint density at radius 1 is 1.27 bits per heavy atom. The predicted octanol–water partition coefficient (Wildman–Crippen LogP) is 3.00. The molecule has 0 fully saturated rings. The third kappa shape index (κ3) is 6.54. The van der Waals surface area contributed by atoms with E-state index in [1.165, 1.54) is 6.92 Å². The summed E-state index contributed by atoms with van der Waals surface area (Å²) in [5, 5.41) is 3.33. The highest BCUT2D eigenvalue weighted by atomic mass is 127. The first-order valence-corrected chi connectivity index (χ1v) is 10.1. The maximum absolute atomic E-state index is 14.5. The van der Waals surface area contributed by atoms with Crippen LogP contribution in [0.4, 0.5) is 17.6 Å². The van der Waals surface area contributed by atoms with Gasteiger partial charge in [-0.05, 0) is 19.1 Å². The molecule has 0 amide bonds. The number of carbonyl (C=O) groups excluding carboxylic acids is 1. The Labute approximate surface area is 202 Å². The van der Waals surface area contributed by atoms with Crippen LogP contribution >= 0.6 is 34.6 Å². The molecule has 2 rings (SSSR count). The molecule has 0 aliphatic heterocycles. The first kappa shape index (κ1) is 26.8. The zero-order valence-corrected chi connectivity index (χ0v) is 19.8. The maximum Gasteiger partial charge on any atom is 0.431 e. The molecule has 0 spiro atoms. The Bertz CT molecular complexity index is 1180. The summed E-state index contributed by atoms with van der Waals surface area (Å²) < 4.78 is 63.5. The first-order valence-electron chi connectivity index (χ1n) is 8.87. The van der Waals surface area contributed by atoms with Gasteiger partial charge in [0.15, 0.2) is 0 Å². The highest BCUT2D eigenvalue weighted by Gasteiger charge is 2.35. The molecule has 1 heterocycles. The quantitative estimate of drug-likeness (QED) is 0.114. The van der Waals surface area contributed by atoms with Crippen molar-refractivity contribution in [2.45, 2.75) is 19.2 Å². The largest absolute Gasteiger partial charge is 0.460 e. The Hall–Kier alpha value is -2.46. The molecule has 1 atom stereocenters. The lowest BCUT2D eigenvalue weighted by Crippen LogP contribution is -2.41. The van der Waals surface area contributed by atoms with Crippen molar-refractivity contribution in [1.29, 1.82) is 0 Å². The van der Waals surface area contributed by atoms with E-state index in [2.05, 4.69) is 5.16 Å². The Morgan fingerprint density at radius 3 is 2.55 bits per heavy atom. The van der Waals surface area contributed by atoms with Gasteiger partial charge in [0, 0.05) is 18.7 Å². The monoisotopic (exact) mass is 607 g/mol. The Morgan fingerprint density at radius 2 is 1.94 bits per heavy atom. The zero-order chi connectivity index (χ0) is 24.9. The highest BCUT2D eigenvalue weighted by molar-refractivity contribution is 14.1. The zero-order valence-electron chi connectivity index (χ0n) is 16.9. The number of oxime groups is 1. The van der Waals surface area contributed by atoms with Crippen molar-refractivity contribution in [3.05, 3.63) is 61.1 Å². The third-order valence-corrected chi connectivity index (χ3v) is 4.83. The Kier molecular flexibility index (Phi) is 9.02. The summed E-state index contributed by atoms with van der Waals surface area (Å²) in [5.41, 5.74) is -5.05. The van der Waals surface area contributed by atoms with Gasteiger partial charge in [-0.3, -0.25) is 9.36 Å². The second-order valence-electron chi connectivity index (χ2n) is 6.33. The second kappa shape index (κ2) is 11.1. The topological polar surface area (TPSA) is 101 Å². The maximum atomic E-state index is 14.5. The lowest BCUT2D eigenvalue weighted by atomic mass is 10.2. The number of halogens is 6. The van der Waals surface area contributed by atoms with Crippen molar-refractivity contribution in [3.8, 4) is 5.69 Å². The predicted molar refractivity (Wildman–Crippen MR) is 116 cm³/mol. The fraction of sp³-hybridized carbons (Fsp3) is 0.333. The number of esters is 1. The van der Waals surface area contributed by atoms with Gasteiger partial charge in [-0.25, -0.2) is 18.5 Å². The van der Waals surface area contributed by atoms with E-state index in [-0.39, 0.29) is 39.0 Å². The molecule has 1 unspecified atom stereocenters. The summed E-state index contributed by atoms with van der Waals surface area (Å²) in [5.74, 6) is -1.89. The molecule has 0 saturated heterocycles. The average molecular weight is 608 g/mol. The molecular formula is C18H15ClF4IN3O6. The van der Waals surface area contributed by atoms with Crippen molar-refractivity contribution in [2.24, 2.45) is 12.2 Å². The molecule has 0 saturated carbocycles. The summed E-state index contributed by atoms with van der Waals surface area (Å²) in [6.07, 6.45) is -5.14. The van der Waals surface area contributed by atoms with E-state index < -0.39 is 46.7 Å². The molecule has 15 heteroatoms. The van der Waals surface area contributed by atoms with Crippen molar-refractivity contribution in [2.75, 3.05) is 13.2 Å². The molecule has 1 aromatic heterocycles. The van der Waals surface area contributed by atoms with Crippen molar-refractivity contribution in [1.82, 2.24) is 9.13 Å². The smallest absolute Gasteiger partial charge is 0.431 e. The molecule has 2 aromatic rings. The Balaban J connectivity index is 2.38. The molecular weight excluding hydrogens is 593 g/mol. The van der Waals surface area contributed by atoms with Crippen LogP contribution < -0.4 is 11.2 Å². The normalized spacial score (nSPS) is 12.7. The van der Waals surface area contributed by atoms with Crippen LogP contribution in [0.15, 0.2) is 32.9 Å². The molecule has 0 N–H and O–H groups in total. The number of carbonyl (C=O) groups is 1. The first-order chi connectivity index (χ1) is 15.4. The second-order valence-corrected chi connectivity index (χ2v) is 7.36. The minimum Gasteiger partial charge on any atom is -0.460 e. The van der Waals surface area contributed by atoms with Gasteiger partial charge < -0.3 is 12.6 Å². The van der Waals surface area contributed by atoms with Gasteiger partial charge in [0.25, 0.3) is 5.56 Å². The van der Waals surface area contributed by atoms with E-state index in [9.17, 15) is 31.9 Å². The molecule has 1 aromatic carbocycles. The molecule has 0 bridgehead atoms. The molecule has 33 heavy (non-hydrogen) atoms. The van der Waals surface area contributed by atoms with Crippen LogP contribution in [-0.2, 0) is 30.7 Å².